The van der Waals surface area contributed by atoms with Crippen molar-refractivity contribution in [2.24, 2.45) is 0 Å². The van der Waals surface area contributed by atoms with E-state index in [2.05, 4.69) is 24.2 Å². The lowest BCUT2D eigenvalue weighted by Gasteiger charge is -2.27. The SMILES string of the molecule is COCCN(CCNC1CC(C)N(C)C1)C(=O)OC(C)(C)C. The molecule has 1 fully saturated rings. The van der Waals surface area contributed by atoms with E-state index < -0.39 is 5.60 Å². The van der Waals surface area contributed by atoms with Crippen LogP contribution in [0.3, 0.4) is 0 Å². The molecule has 1 rings (SSSR count). The monoisotopic (exact) mass is 315 g/mol. The van der Waals surface area contributed by atoms with Gasteiger partial charge in [0, 0.05) is 45.4 Å². The van der Waals surface area contributed by atoms with Crippen LogP contribution in [0.4, 0.5) is 4.79 Å². The Morgan fingerprint density at radius 2 is 2.05 bits per heavy atom. The zero-order valence-corrected chi connectivity index (χ0v) is 15.0. The molecule has 0 spiro atoms. The summed E-state index contributed by atoms with van der Waals surface area (Å²) in [6.07, 6.45) is 0.879. The highest BCUT2D eigenvalue weighted by molar-refractivity contribution is 5.68. The van der Waals surface area contributed by atoms with E-state index in [9.17, 15) is 4.79 Å². The predicted molar refractivity (Wildman–Crippen MR) is 88.2 cm³/mol. The summed E-state index contributed by atoms with van der Waals surface area (Å²) in [6, 6.07) is 1.12. The molecule has 0 radical (unpaired) electrons. The van der Waals surface area contributed by atoms with Crippen LogP contribution in [0, 0.1) is 0 Å². The summed E-state index contributed by atoms with van der Waals surface area (Å²) in [5, 5.41) is 3.54. The molecule has 0 aromatic carbocycles. The average molecular weight is 315 g/mol. The van der Waals surface area contributed by atoms with Crippen LogP contribution < -0.4 is 5.32 Å². The summed E-state index contributed by atoms with van der Waals surface area (Å²) < 4.78 is 10.5. The van der Waals surface area contributed by atoms with Gasteiger partial charge in [0.15, 0.2) is 0 Å². The van der Waals surface area contributed by atoms with Gasteiger partial charge in [-0.25, -0.2) is 4.79 Å². The lowest BCUT2D eigenvalue weighted by Crippen LogP contribution is -2.44. The maximum absolute atomic E-state index is 12.2. The van der Waals surface area contributed by atoms with Crippen LogP contribution >= 0.6 is 0 Å². The Hall–Kier alpha value is -0.850. The summed E-state index contributed by atoms with van der Waals surface area (Å²) in [6.45, 7) is 11.4. The number of carbonyl (C=O) groups excluding carboxylic acids is 1. The van der Waals surface area contributed by atoms with E-state index >= 15 is 0 Å². The van der Waals surface area contributed by atoms with Gasteiger partial charge in [-0.15, -0.1) is 0 Å². The maximum Gasteiger partial charge on any atom is 0.410 e. The quantitative estimate of drug-likeness (QED) is 0.772. The number of carbonyl (C=O) groups is 1. The van der Waals surface area contributed by atoms with Crippen molar-refractivity contribution in [1.82, 2.24) is 15.1 Å². The molecule has 6 nitrogen and oxygen atoms in total. The minimum Gasteiger partial charge on any atom is -0.444 e. The van der Waals surface area contributed by atoms with Gasteiger partial charge in [-0.3, -0.25) is 0 Å². The highest BCUT2D eigenvalue weighted by Crippen LogP contribution is 2.14. The van der Waals surface area contributed by atoms with E-state index in [4.69, 9.17) is 9.47 Å². The molecule has 1 amide bonds. The number of hydrogen-bond donors (Lipinski definition) is 1. The van der Waals surface area contributed by atoms with E-state index in [1.54, 1.807) is 12.0 Å². The van der Waals surface area contributed by atoms with Crippen LogP contribution in [0.15, 0.2) is 0 Å². The molecule has 1 heterocycles. The molecular formula is C16H33N3O3. The molecule has 2 unspecified atom stereocenters. The highest BCUT2D eigenvalue weighted by atomic mass is 16.6. The fraction of sp³-hybridized carbons (Fsp3) is 0.938. The van der Waals surface area contributed by atoms with Gasteiger partial charge in [0.25, 0.3) is 0 Å². The number of ether oxygens (including phenoxy) is 2. The summed E-state index contributed by atoms with van der Waals surface area (Å²) in [4.78, 5) is 16.3. The Morgan fingerprint density at radius 3 is 2.55 bits per heavy atom. The number of rotatable bonds is 7. The number of methoxy groups -OCH3 is 1. The van der Waals surface area contributed by atoms with Crippen LogP contribution in [0.25, 0.3) is 0 Å². The topological polar surface area (TPSA) is 54.0 Å². The van der Waals surface area contributed by atoms with E-state index in [0.717, 1.165) is 19.5 Å². The average Bonchev–Trinajstić information content (AvgIpc) is 2.70. The first kappa shape index (κ1) is 19.2. The standard InChI is InChI=1S/C16H33N3O3/c1-13-11-14(12-18(13)5)17-7-8-19(9-10-21-6)15(20)22-16(2,3)4/h13-14,17H,7-12H2,1-6H3. The third-order valence-electron chi connectivity index (χ3n) is 3.92. The van der Waals surface area contributed by atoms with Crippen LogP contribution in [0.2, 0.25) is 0 Å². The van der Waals surface area contributed by atoms with Crippen molar-refractivity contribution in [2.75, 3.05) is 46.9 Å². The lowest BCUT2D eigenvalue weighted by atomic mass is 10.2. The largest absolute Gasteiger partial charge is 0.444 e. The van der Waals surface area contributed by atoms with Gasteiger partial charge < -0.3 is 24.6 Å². The summed E-state index contributed by atoms with van der Waals surface area (Å²) in [5.74, 6) is 0. The first-order chi connectivity index (χ1) is 10.2. The Labute approximate surface area is 135 Å². The minimum absolute atomic E-state index is 0.275. The molecule has 130 valence electrons. The molecule has 1 N–H and O–H groups in total. The van der Waals surface area contributed by atoms with Gasteiger partial charge in [0.2, 0.25) is 0 Å². The molecule has 0 aromatic rings. The molecule has 22 heavy (non-hydrogen) atoms. The lowest BCUT2D eigenvalue weighted by molar-refractivity contribution is 0.0203. The normalized spacial score (nSPS) is 22.8. The van der Waals surface area contributed by atoms with Crippen LogP contribution in [-0.4, -0.2) is 80.5 Å². The third kappa shape index (κ3) is 6.94. The van der Waals surface area contributed by atoms with Gasteiger partial charge in [0.1, 0.15) is 5.60 Å². The van der Waals surface area contributed by atoms with E-state index in [1.165, 1.54) is 0 Å². The Kier molecular flexibility index (Phi) is 7.59. The summed E-state index contributed by atoms with van der Waals surface area (Å²) in [7, 11) is 3.79. The van der Waals surface area contributed by atoms with Crippen LogP contribution in [0.5, 0.6) is 0 Å². The van der Waals surface area contributed by atoms with Crippen molar-refractivity contribution in [1.29, 1.82) is 0 Å². The highest BCUT2D eigenvalue weighted by Gasteiger charge is 2.26. The van der Waals surface area contributed by atoms with Gasteiger partial charge in [-0.05, 0) is 41.2 Å². The number of hydrogen-bond acceptors (Lipinski definition) is 5. The van der Waals surface area contributed by atoms with Crippen LogP contribution in [-0.2, 0) is 9.47 Å². The number of amides is 1. The molecule has 1 saturated heterocycles. The molecule has 0 saturated carbocycles. The first-order valence-corrected chi connectivity index (χ1v) is 8.13. The molecular weight excluding hydrogens is 282 g/mol. The van der Waals surface area contributed by atoms with Gasteiger partial charge in [-0.1, -0.05) is 0 Å². The molecule has 0 aromatic heterocycles. The maximum atomic E-state index is 12.2. The molecule has 1 aliphatic heterocycles. The van der Waals surface area contributed by atoms with E-state index in [0.29, 0.717) is 31.8 Å². The minimum atomic E-state index is -0.473. The second-order valence-corrected chi connectivity index (χ2v) is 7.14. The van der Waals surface area contributed by atoms with Crippen LogP contribution in [0.1, 0.15) is 34.1 Å². The van der Waals surface area contributed by atoms with E-state index in [1.807, 2.05) is 20.8 Å². The van der Waals surface area contributed by atoms with Crippen molar-refractivity contribution in [2.45, 2.75) is 51.8 Å². The number of nitrogens with zero attached hydrogens (tertiary/aromatic N) is 2. The van der Waals surface area contributed by atoms with Crippen molar-refractivity contribution >= 4 is 6.09 Å². The first-order valence-electron chi connectivity index (χ1n) is 8.13. The van der Waals surface area contributed by atoms with Crippen molar-refractivity contribution in [3.05, 3.63) is 0 Å². The Balaban J connectivity index is 2.39. The number of likely N-dealkylation sites (tertiary alicyclic amines) is 1. The fourth-order valence-corrected chi connectivity index (χ4v) is 2.57. The summed E-state index contributed by atoms with van der Waals surface area (Å²) >= 11 is 0. The molecule has 6 heteroatoms. The zero-order valence-electron chi connectivity index (χ0n) is 15.0. The molecule has 0 bridgehead atoms. The van der Waals surface area contributed by atoms with E-state index in [-0.39, 0.29) is 6.09 Å². The number of likely N-dealkylation sites (N-methyl/N-ethyl adjacent to an activating group) is 1. The summed E-state index contributed by atoms with van der Waals surface area (Å²) in [5.41, 5.74) is -0.473. The molecule has 2 atom stereocenters. The predicted octanol–water partition coefficient (Wildman–Crippen LogP) is 1.55. The Morgan fingerprint density at radius 1 is 1.36 bits per heavy atom. The molecule has 1 aliphatic rings. The van der Waals surface area contributed by atoms with Gasteiger partial charge in [-0.2, -0.15) is 0 Å². The Bertz CT molecular complexity index is 334. The van der Waals surface area contributed by atoms with Crippen molar-refractivity contribution < 1.29 is 14.3 Å². The smallest absolute Gasteiger partial charge is 0.410 e. The third-order valence-corrected chi connectivity index (χ3v) is 3.92. The molecule has 0 aliphatic carbocycles. The van der Waals surface area contributed by atoms with Crippen molar-refractivity contribution in [3.8, 4) is 0 Å². The van der Waals surface area contributed by atoms with Gasteiger partial charge >= 0.3 is 6.09 Å². The van der Waals surface area contributed by atoms with Crippen molar-refractivity contribution in [3.63, 3.8) is 0 Å². The second-order valence-electron chi connectivity index (χ2n) is 7.14. The fourth-order valence-electron chi connectivity index (χ4n) is 2.57. The van der Waals surface area contributed by atoms with Gasteiger partial charge in [0.05, 0.1) is 6.61 Å². The second kappa shape index (κ2) is 8.70. The number of nitrogens with one attached hydrogen (secondary N) is 1. The zero-order chi connectivity index (χ0) is 16.8.